The number of ether oxygens (including phenoxy) is 1. The molecular weight excluding hydrogens is 498 g/mol. The highest BCUT2D eigenvalue weighted by Crippen LogP contribution is 2.65. The summed E-state index contributed by atoms with van der Waals surface area (Å²) in [7, 11) is 0. The number of alkyl carbamates (subject to hydrolysis) is 1. The van der Waals surface area contributed by atoms with E-state index in [-0.39, 0.29) is 48.0 Å². The fraction of sp³-hybridized carbons (Fsp3) is 0.621. The van der Waals surface area contributed by atoms with Gasteiger partial charge in [-0.05, 0) is 41.1 Å². The van der Waals surface area contributed by atoms with E-state index in [1.165, 1.54) is 0 Å². The molecule has 39 heavy (non-hydrogen) atoms. The molecule has 4 amide bonds. The van der Waals surface area contributed by atoms with Crippen molar-refractivity contribution in [3.05, 3.63) is 35.9 Å². The largest absolute Gasteiger partial charge is 0.445 e. The van der Waals surface area contributed by atoms with Gasteiger partial charge in [-0.3, -0.25) is 14.4 Å². The molecular formula is C29H39N5O5. The molecule has 0 aromatic heterocycles. The summed E-state index contributed by atoms with van der Waals surface area (Å²) in [6, 6.07) is 8.83. The number of hydrogen-bond acceptors (Lipinski definition) is 6. The molecule has 1 aromatic rings. The number of hydrogen-bond donors (Lipinski definition) is 3. The molecule has 3 fully saturated rings. The van der Waals surface area contributed by atoms with Gasteiger partial charge in [-0.2, -0.15) is 5.26 Å². The van der Waals surface area contributed by atoms with E-state index in [1.807, 2.05) is 51.1 Å². The molecule has 210 valence electrons. The van der Waals surface area contributed by atoms with Crippen LogP contribution in [0.3, 0.4) is 0 Å². The average molecular weight is 538 g/mol. The Hall–Kier alpha value is -3.61. The number of nitrogens with one attached hydrogen (secondary N) is 3. The topological polar surface area (TPSA) is 141 Å². The minimum atomic E-state index is -0.925. The Kier molecular flexibility index (Phi) is 7.92. The average Bonchev–Trinajstić information content (AvgIpc) is 3.23. The Bertz CT molecular complexity index is 1150. The van der Waals surface area contributed by atoms with E-state index >= 15 is 0 Å². The van der Waals surface area contributed by atoms with E-state index < -0.39 is 35.5 Å². The van der Waals surface area contributed by atoms with Gasteiger partial charge in [-0.1, -0.05) is 65.0 Å². The summed E-state index contributed by atoms with van der Waals surface area (Å²) in [6.45, 7) is 10.7. The first kappa shape index (κ1) is 28.4. The number of carbonyl (C=O) groups excluding carboxylic acids is 4. The summed E-state index contributed by atoms with van der Waals surface area (Å²) in [4.78, 5) is 53.8. The predicted octanol–water partition coefficient (Wildman–Crippen LogP) is 2.35. The van der Waals surface area contributed by atoms with Crippen molar-refractivity contribution in [2.75, 3.05) is 13.1 Å². The zero-order chi connectivity index (χ0) is 28.5. The van der Waals surface area contributed by atoms with Crippen LogP contribution in [0.25, 0.3) is 0 Å². The van der Waals surface area contributed by atoms with Crippen LogP contribution in [-0.2, 0) is 25.7 Å². The van der Waals surface area contributed by atoms with Crippen LogP contribution in [0.5, 0.6) is 0 Å². The Balaban J connectivity index is 1.46. The lowest BCUT2D eigenvalue weighted by Gasteiger charge is -2.37. The lowest BCUT2D eigenvalue weighted by Crippen LogP contribution is -2.59. The normalized spacial score (nSPS) is 26.5. The van der Waals surface area contributed by atoms with Gasteiger partial charge in [0, 0.05) is 19.0 Å². The van der Waals surface area contributed by atoms with E-state index in [1.54, 1.807) is 4.90 Å². The summed E-state index contributed by atoms with van der Waals surface area (Å²) in [5, 5.41) is 18.0. The predicted molar refractivity (Wildman–Crippen MR) is 143 cm³/mol. The third-order valence-corrected chi connectivity index (χ3v) is 8.50. The number of nitriles is 1. The molecule has 0 unspecified atom stereocenters. The van der Waals surface area contributed by atoms with E-state index in [4.69, 9.17) is 4.74 Å². The number of carbonyl (C=O) groups is 4. The first-order valence-corrected chi connectivity index (χ1v) is 13.6. The smallest absolute Gasteiger partial charge is 0.408 e. The second-order valence-corrected chi connectivity index (χ2v) is 12.6. The molecule has 2 heterocycles. The van der Waals surface area contributed by atoms with Crippen LogP contribution in [0, 0.1) is 39.9 Å². The Morgan fingerprint density at radius 2 is 1.90 bits per heavy atom. The molecule has 2 saturated heterocycles. The van der Waals surface area contributed by atoms with Crippen molar-refractivity contribution in [3.8, 4) is 6.07 Å². The lowest BCUT2D eigenvalue weighted by atomic mass is 9.85. The SMILES string of the molecule is CC(C)(C)[C@H](NC(=O)OCc1ccccc1)C(=O)N1C[C@H]2[C@@H]([C@H]1C(=O)N[C@H](C#N)C[C@@H]1CCNC1=O)C2(C)C. The number of nitrogens with zero attached hydrogens (tertiary/aromatic N) is 2. The van der Waals surface area contributed by atoms with Gasteiger partial charge in [0.15, 0.2) is 0 Å². The second kappa shape index (κ2) is 10.9. The highest BCUT2D eigenvalue weighted by atomic mass is 16.5. The first-order valence-electron chi connectivity index (χ1n) is 13.6. The quantitative estimate of drug-likeness (QED) is 0.465. The number of fused-ring (bicyclic) bond motifs is 1. The molecule has 1 saturated carbocycles. The van der Waals surface area contributed by atoms with Gasteiger partial charge < -0.3 is 25.6 Å². The van der Waals surface area contributed by atoms with Crippen LogP contribution >= 0.6 is 0 Å². The number of piperidine rings is 1. The van der Waals surface area contributed by atoms with Gasteiger partial charge in [0.1, 0.15) is 24.7 Å². The van der Waals surface area contributed by atoms with Crippen LogP contribution in [0.4, 0.5) is 4.79 Å². The maximum absolute atomic E-state index is 13.9. The number of likely N-dealkylation sites (tertiary alicyclic amines) is 1. The van der Waals surface area contributed by atoms with Gasteiger partial charge in [0.2, 0.25) is 17.7 Å². The third-order valence-electron chi connectivity index (χ3n) is 8.50. The Labute approximate surface area is 229 Å². The lowest BCUT2D eigenvalue weighted by molar-refractivity contribution is -0.144. The van der Waals surface area contributed by atoms with Crippen molar-refractivity contribution >= 4 is 23.8 Å². The monoisotopic (exact) mass is 537 g/mol. The first-order chi connectivity index (χ1) is 18.3. The van der Waals surface area contributed by atoms with Crippen molar-refractivity contribution in [3.63, 3.8) is 0 Å². The van der Waals surface area contributed by atoms with Crippen LogP contribution in [-0.4, -0.2) is 59.9 Å². The zero-order valence-electron chi connectivity index (χ0n) is 23.3. The van der Waals surface area contributed by atoms with Crippen LogP contribution in [0.2, 0.25) is 0 Å². The summed E-state index contributed by atoms with van der Waals surface area (Å²) in [6.07, 6.45) is 0.140. The van der Waals surface area contributed by atoms with Crippen molar-refractivity contribution in [2.24, 2.45) is 28.6 Å². The molecule has 2 aliphatic heterocycles. The van der Waals surface area contributed by atoms with Crippen molar-refractivity contribution in [2.45, 2.75) is 72.2 Å². The maximum Gasteiger partial charge on any atom is 0.408 e. The van der Waals surface area contributed by atoms with Gasteiger partial charge in [0.25, 0.3) is 0 Å². The minimum Gasteiger partial charge on any atom is -0.445 e. The summed E-state index contributed by atoms with van der Waals surface area (Å²) in [5.74, 6) is -1.09. The Morgan fingerprint density at radius 1 is 1.21 bits per heavy atom. The van der Waals surface area contributed by atoms with Gasteiger partial charge in [-0.25, -0.2) is 4.79 Å². The molecule has 3 aliphatic rings. The molecule has 0 radical (unpaired) electrons. The van der Waals surface area contributed by atoms with Crippen molar-refractivity contribution in [1.82, 2.24) is 20.9 Å². The van der Waals surface area contributed by atoms with E-state index in [9.17, 15) is 24.4 Å². The van der Waals surface area contributed by atoms with Crippen LogP contribution in [0.15, 0.2) is 30.3 Å². The fourth-order valence-corrected chi connectivity index (χ4v) is 6.07. The molecule has 10 heteroatoms. The molecule has 6 atom stereocenters. The minimum absolute atomic E-state index is 0.0544. The number of rotatable bonds is 8. The van der Waals surface area contributed by atoms with E-state index in [2.05, 4.69) is 35.9 Å². The maximum atomic E-state index is 13.9. The molecule has 1 aliphatic carbocycles. The zero-order valence-corrected chi connectivity index (χ0v) is 23.3. The number of benzene rings is 1. The third kappa shape index (κ3) is 6.02. The van der Waals surface area contributed by atoms with Crippen LogP contribution < -0.4 is 16.0 Å². The number of amides is 4. The van der Waals surface area contributed by atoms with Gasteiger partial charge in [0.05, 0.1) is 6.07 Å². The standard InChI is InChI=1S/C29H39N5O5/c1-28(2,3)23(33-27(38)39-16-17-9-7-6-8-10-17)26(37)34-15-20-21(29(20,4)5)22(34)25(36)32-19(14-30)13-18-11-12-31-24(18)35/h6-10,18-23H,11-13,15-16H2,1-5H3,(H,31,35)(H,32,36)(H,33,38)/t18-,19-,20-,21-,22-,23+/m0/s1. The van der Waals surface area contributed by atoms with E-state index in [0.717, 1.165) is 5.56 Å². The molecule has 0 bridgehead atoms. The summed E-state index contributed by atoms with van der Waals surface area (Å²) >= 11 is 0. The Morgan fingerprint density at radius 3 is 2.49 bits per heavy atom. The molecule has 3 N–H and O–H groups in total. The molecule has 10 nitrogen and oxygen atoms in total. The van der Waals surface area contributed by atoms with Crippen molar-refractivity contribution in [1.29, 1.82) is 5.26 Å². The van der Waals surface area contributed by atoms with Gasteiger partial charge >= 0.3 is 6.09 Å². The summed E-state index contributed by atoms with van der Waals surface area (Å²) in [5.41, 5.74) is 0.0509. The van der Waals surface area contributed by atoms with Crippen LogP contribution in [0.1, 0.15) is 53.0 Å². The van der Waals surface area contributed by atoms with Gasteiger partial charge in [-0.15, -0.1) is 0 Å². The highest BCUT2D eigenvalue weighted by molar-refractivity contribution is 5.93. The molecule has 1 aromatic carbocycles. The highest BCUT2D eigenvalue weighted by Gasteiger charge is 2.69. The molecule has 4 rings (SSSR count). The molecule has 0 spiro atoms. The van der Waals surface area contributed by atoms with Crippen molar-refractivity contribution < 1.29 is 23.9 Å². The summed E-state index contributed by atoms with van der Waals surface area (Å²) < 4.78 is 5.37. The second-order valence-electron chi connectivity index (χ2n) is 12.6. The fourth-order valence-electron chi connectivity index (χ4n) is 6.07. The van der Waals surface area contributed by atoms with E-state index in [0.29, 0.717) is 19.5 Å².